The molecule has 0 fully saturated rings. The Labute approximate surface area is 121 Å². The van der Waals surface area contributed by atoms with E-state index in [1.54, 1.807) is 7.11 Å². The maximum absolute atomic E-state index is 5.43. The van der Waals surface area contributed by atoms with Crippen LogP contribution >= 0.6 is 0 Å². The minimum absolute atomic E-state index is 0.187. The first-order valence-corrected chi connectivity index (χ1v) is 6.88. The molecule has 1 heterocycles. The fourth-order valence-electron chi connectivity index (χ4n) is 2.52. The third-order valence-electron chi connectivity index (χ3n) is 3.55. The lowest BCUT2D eigenvalue weighted by molar-refractivity contribution is 0.406. The molecule has 2 aromatic rings. The van der Waals surface area contributed by atoms with Gasteiger partial charge in [0.25, 0.3) is 0 Å². The summed E-state index contributed by atoms with van der Waals surface area (Å²) in [6.45, 7) is 4.18. The topological polar surface area (TPSA) is 34.1 Å². The first-order valence-electron chi connectivity index (χ1n) is 6.88. The number of likely N-dealkylation sites (N-methyl/N-ethyl adjacent to an activating group) is 1. The Bertz CT molecular complexity index is 581. The summed E-state index contributed by atoms with van der Waals surface area (Å²) in [7, 11) is 3.68. The second-order valence-electron chi connectivity index (χ2n) is 5.07. The summed E-state index contributed by atoms with van der Waals surface area (Å²) in [4.78, 5) is 4.60. The quantitative estimate of drug-likeness (QED) is 0.906. The van der Waals surface area contributed by atoms with E-state index in [4.69, 9.17) is 4.74 Å². The lowest BCUT2D eigenvalue weighted by atomic mass is 9.99. The summed E-state index contributed by atoms with van der Waals surface area (Å²) in [5.41, 5.74) is 4.71. The second kappa shape index (κ2) is 6.53. The third kappa shape index (κ3) is 3.17. The summed E-state index contributed by atoms with van der Waals surface area (Å²) in [6.07, 6.45) is 2.78. The monoisotopic (exact) mass is 270 g/mol. The van der Waals surface area contributed by atoms with Crippen LogP contribution in [0.3, 0.4) is 0 Å². The number of nitrogens with one attached hydrogen (secondary N) is 1. The Kier molecular flexibility index (Phi) is 4.74. The van der Waals surface area contributed by atoms with E-state index < -0.39 is 0 Å². The number of benzene rings is 1. The van der Waals surface area contributed by atoms with Crippen molar-refractivity contribution in [2.45, 2.75) is 26.3 Å². The van der Waals surface area contributed by atoms with E-state index in [2.05, 4.69) is 36.3 Å². The normalized spacial score (nSPS) is 12.2. The number of para-hydroxylation sites is 1. The molecular formula is C17H22N2O. The SMILES string of the molecule is CNC(Cc1ccccc1OC)c1ncc(C)cc1C. The number of aromatic nitrogens is 1. The highest BCUT2D eigenvalue weighted by Gasteiger charge is 2.16. The van der Waals surface area contributed by atoms with Crippen LogP contribution in [-0.4, -0.2) is 19.1 Å². The van der Waals surface area contributed by atoms with Crippen LogP contribution in [0.1, 0.15) is 28.4 Å². The van der Waals surface area contributed by atoms with Crippen LogP contribution in [0.5, 0.6) is 5.75 Å². The summed E-state index contributed by atoms with van der Waals surface area (Å²) >= 11 is 0. The van der Waals surface area contributed by atoms with Crippen LogP contribution in [0.4, 0.5) is 0 Å². The summed E-state index contributed by atoms with van der Waals surface area (Å²) in [5, 5.41) is 3.36. The first-order chi connectivity index (χ1) is 9.65. The van der Waals surface area contributed by atoms with Crippen molar-refractivity contribution < 1.29 is 4.74 Å². The van der Waals surface area contributed by atoms with Crippen molar-refractivity contribution in [2.75, 3.05) is 14.2 Å². The van der Waals surface area contributed by atoms with Crippen LogP contribution in [0, 0.1) is 13.8 Å². The van der Waals surface area contributed by atoms with Gasteiger partial charge in [-0.15, -0.1) is 0 Å². The van der Waals surface area contributed by atoms with E-state index in [1.807, 2.05) is 31.4 Å². The van der Waals surface area contributed by atoms with Crippen molar-refractivity contribution in [3.05, 3.63) is 58.9 Å². The van der Waals surface area contributed by atoms with Gasteiger partial charge in [0.05, 0.1) is 18.8 Å². The van der Waals surface area contributed by atoms with Crippen molar-refractivity contribution in [1.29, 1.82) is 0 Å². The molecule has 0 amide bonds. The molecule has 1 aromatic heterocycles. The summed E-state index contributed by atoms with van der Waals surface area (Å²) in [5.74, 6) is 0.928. The van der Waals surface area contributed by atoms with Crippen molar-refractivity contribution in [2.24, 2.45) is 0 Å². The molecule has 0 bridgehead atoms. The van der Waals surface area contributed by atoms with Gasteiger partial charge in [0, 0.05) is 6.20 Å². The Hall–Kier alpha value is -1.87. The largest absolute Gasteiger partial charge is 0.496 e. The smallest absolute Gasteiger partial charge is 0.122 e. The van der Waals surface area contributed by atoms with E-state index in [0.29, 0.717) is 0 Å². The van der Waals surface area contributed by atoms with E-state index in [-0.39, 0.29) is 6.04 Å². The minimum Gasteiger partial charge on any atom is -0.496 e. The van der Waals surface area contributed by atoms with E-state index >= 15 is 0 Å². The van der Waals surface area contributed by atoms with Gasteiger partial charge in [0.1, 0.15) is 5.75 Å². The Morgan fingerprint density at radius 3 is 2.65 bits per heavy atom. The molecule has 3 nitrogen and oxygen atoms in total. The van der Waals surface area contributed by atoms with Crippen LogP contribution in [-0.2, 0) is 6.42 Å². The molecule has 0 aliphatic rings. The molecule has 0 saturated carbocycles. The predicted octanol–water partition coefficient (Wildman–Crippen LogP) is 3.21. The Balaban J connectivity index is 2.29. The fourth-order valence-corrected chi connectivity index (χ4v) is 2.52. The summed E-state index contributed by atoms with van der Waals surface area (Å²) in [6, 6.07) is 10.5. The molecule has 3 heteroatoms. The minimum atomic E-state index is 0.187. The van der Waals surface area contributed by atoms with Gasteiger partial charge >= 0.3 is 0 Å². The molecule has 0 radical (unpaired) electrons. The average Bonchev–Trinajstić information content (AvgIpc) is 2.46. The number of nitrogens with zero attached hydrogens (tertiary/aromatic N) is 1. The zero-order chi connectivity index (χ0) is 14.5. The number of ether oxygens (including phenoxy) is 1. The number of rotatable bonds is 5. The zero-order valence-corrected chi connectivity index (χ0v) is 12.6. The van der Waals surface area contributed by atoms with Crippen LogP contribution in [0.25, 0.3) is 0 Å². The molecule has 0 saturated heterocycles. The molecule has 0 aliphatic carbocycles. The van der Waals surface area contributed by atoms with Crippen LogP contribution in [0.15, 0.2) is 36.5 Å². The lowest BCUT2D eigenvalue weighted by Crippen LogP contribution is -2.21. The second-order valence-corrected chi connectivity index (χ2v) is 5.07. The van der Waals surface area contributed by atoms with E-state index in [1.165, 1.54) is 16.7 Å². The molecule has 2 rings (SSSR count). The summed E-state index contributed by atoms with van der Waals surface area (Å²) < 4.78 is 5.43. The maximum atomic E-state index is 5.43. The highest BCUT2D eigenvalue weighted by Crippen LogP contribution is 2.25. The van der Waals surface area contributed by atoms with Gasteiger partial charge in [-0.1, -0.05) is 24.3 Å². The standard InChI is InChI=1S/C17H22N2O/c1-12-9-13(2)17(19-11-12)15(18-3)10-14-7-5-6-8-16(14)20-4/h5-9,11,15,18H,10H2,1-4H3. The molecule has 106 valence electrons. The molecular weight excluding hydrogens is 248 g/mol. The van der Waals surface area contributed by atoms with Gasteiger partial charge < -0.3 is 10.1 Å². The van der Waals surface area contributed by atoms with Gasteiger partial charge in [-0.25, -0.2) is 0 Å². The Morgan fingerprint density at radius 2 is 2.00 bits per heavy atom. The predicted molar refractivity (Wildman–Crippen MR) is 82.2 cm³/mol. The fraction of sp³-hybridized carbons (Fsp3) is 0.353. The van der Waals surface area contributed by atoms with Gasteiger partial charge in [-0.2, -0.15) is 0 Å². The van der Waals surface area contributed by atoms with E-state index in [0.717, 1.165) is 17.9 Å². The average molecular weight is 270 g/mol. The molecule has 1 unspecified atom stereocenters. The number of methoxy groups -OCH3 is 1. The molecule has 0 spiro atoms. The highest BCUT2D eigenvalue weighted by atomic mass is 16.5. The third-order valence-corrected chi connectivity index (χ3v) is 3.55. The van der Waals surface area contributed by atoms with Crippen molar-refractivity contribution >= 4 is 0 Å². The molecule has 1 N–H and O–H groups in total. The number of hydrogen-bond acceptors (Lipinski definition) is 3. The van der Waals surface area contributed by atoms with Crippen LogP contribution < -0.4 is 10.1 Å². The highest BCUT2D eigenvalue weighted by molar-refractivity contribution is 5.35. The van der Waals surface area contributed by atoms with Gasteiger partial charge in [-0.05, 0) is 50.1 Å². The maximum Gasteiger partial charge on any atom is 0.122 e. The molecule has 1 aromatic carbocycles. The van der Waals surface area contributed by atoms with Crippen molar-refractivity contribution in [3.63, 3.8) is 0 Å². The van der Waals surface area contributed by atoms with Crippen molar-refractivity contribution in [1.82, 2.24) is 10.3 Å². The molecule has 1 atom stereocenters. The van der Waals surface area contributed by atoms with E-state index in [9.17, 15) is 0 Å². The molecule has 0 aliphatic heterocycles. The molecule has 20 heavy (non-hydrogen) atoms. The van der Waals surface area contributed by atoms with Crippen molar-refractivity contribution in [3.8, 4) is 5.75 Å². The lowest BCUT2D eigenvalue weighted by Gasteiger charge is -2.19. The first kappa shape index (κ1) is 14.5. The van der Waals surface area contributed by atoms with Crippen LogP contribution in [0.2, 0.25) is 0 Å². The number of aryl methyl sites for hydroxylation is 2. The van der Waals surface area contributed by atoms with Gasteiger partial charge in [-0.3, -0.25) is 4.98 Å². The van der Waals surface area contributed by atoms with Gasteiger partial charge in [0.15, 0.2) is 0 Å². The number of pyridine rings is 1. The Morgan fingerprint density at radius 1 is 1.25 bits per heavy atom. The van der Waals surface area contributed by atoms with Gasteiger partial charge in [0.2, 0.25) is 0 Å². The number of hydrogen-bond donors (Lipinski definition) is 1. The zero-order valence-electron chi connectivity index (χ0n) is 12.6.